The molecule has 0 fully saturated rings. The highest BCUT2D eigenvalue weighted by atomic mass is 16.3. The average Bonchev–Trinajstić information content (AvgIpc) is 2.89. The molecule has 0 saturated heterocycles. The van der Waals surface area contributed by atoms with E-state index < -0.39 is 0 Å². The van der Waals surface area contributed by atoms with E-state index in [0.29, 0.717) is 16.9 Å². The molecule has 0 heterocycles. The summed E-state index contributed by atoms with van der Waals surface area (Å²) < 4.78 is 0. The van der Waals surface area contributed by atoms with Crippen LogP contribution in [0.2, 0.25) is 0 Å². The lowest BCUT2D eigenvalue weighted by molar-refractivity contribution is 0.478. The molecular formula is C31H26N4O. The van der Waals surface area contributed by atoms with Gasteiger partial charge in [-0.3, -0.25) is 0 Å². The van der Waals surface area contributed by atoms with Gasteiger partial charge < -0.3 is 5.11 Å². The first-order chi connectivity index (χ1) is 17.5. The Balaban J connectivity index is 1.73. The first kappa shape index (κ1) is 23.1. The SMILES string of the molecule is Cc1ccccc1N=Nc1cc(C)c(N=Nc2ccccc2C)c(-c2cccc3ccccc23)c1O. The van der Waals surface area contributed by atoms with E-state index in [1.807, 2.05) is 99.6 Å². The summed E-state index contributed by atoms with van der Waals surface area (Å²) in [6, 6.07) is 31.5. The van der Waals surface area contributed by atoms with Crippen LogP contribution >= 0.6 is 0 Å². The second-order valence-corrected chi connectivity index (χ2v) is 8.78. The highest BCUT2D eigenvalue weighted by Crippen LogP contribution is 2.48. The van der Waals surface area contributed by atoms with E-state index in [1.54, 1.807) is 6.07 Å². The molecule has 0 unspecified atom stereocenters. The number of phenols is 1. The van der Waals surface area contributed by atoms with Crippen molar-refractivity contribution >= 4 is 33.5 Å². The predicted molar refractivity (Wildman–Crippen MR) is 146 cm³/mol. The van der Waals surface area contributed by atoms with Gasteiger partial charge in [-0.1, -0.05) is 78.9 Å². The number of azo groups is 2. The molecule has 1 N–H and O–H groups in total. The Hall–Kier alpha value is -4.64. The number of rotatable bonds is 5. The number of aryl methyl sites for hydroxylation is 3. The van der Waals surface area contributed by atoms with Crippen LogP contribution in [0.1, 0.15) is 16.7 Å². The van der Waals surface area contributed by atoms with Gasteiger partial charge in [0.05, 0.1) is 16.9 Å². The molecule has 0 aliphatic heterocycles. The van der Waals surface area contributed by atoms with Crippen LogP contribution in [0.25, 0.3) is 21.9 Å². The van der Waals surface area contributed by atoms with Gasteiger partial charge >= 0.3 is 0 Å². The molecule has 0 atom stereocenters. The third-order valence-corrected chi connectivity index (χ3v) is 6.26. The lowest BCUT2D eigenvalue weighted by atomic mass is 9.94. The topological polar surface area (TPSA) is 69.7 Å². The molecule has 5 nitrogen and oxygen atoms in total. The Bertz CT molecular complexity index is 1630. The monoisotopic (exact) mass is 470 g/mol. The van der Waals surface area contributed by atoms with Crippen molar-refractivity contribution in [3.63, 3.8) is 0 Å². The maximum Gasteiger partial charge on any atom is 0.153 e. The quantitative estimate of drug-likeness (QED) is 0.255. The Morgan fingerprint density at radius 3 is 1.78 bits per heavy atom. The van der Waals surface area contributed by atoms with Crippen LogP contribution < -0.4 is 0 Å². The van der Waals surface area contributed by atoms with Crippen LogP contribution in [0.3, 0.4) is 0 Å². The zero-order valence-corrected chi connectivity index (χ0v) is 20.5. The van der Waals surface area contributed by atoms with Crippen molar-refractivity contribution in [1.29, 1.82) is 0 Å². The number of benzene rings is 5. The van der Waals surface area contributed by atoms with E-state index in [2.05, 4.69) is 32.6 Å². The van der Waals surface area contributed by atoms with Gasteiger partial charge in [-0.2, -0.15) is 10.2 Å². The maximum absolute atomic E-state index is 11.6. The van der Waals surface area contributed by atoms with E-state index in [0.717, 1.165) is 44.4 Å². The van der Waals surface area contributed by atoms with Gasteiger partial charge in [0, 0.05) is 0 Å². The Morgan fingerprint density at radius 2 is 1.08 bits per heavy atom. The summed E-state index contributed by atoms with van der Waals surface area (Å²) in [4.78, 5) is 0. The fraction of sp³-hybridized carbons (Fsp3) is 0.0968. The van der Waals surface area contributed by atoms with Crippen LogP contribution in [0.5, 0.6) is 5.75 Å². The first-order valence-corrected chi connectivity index (χ1v) is 11.8. The molecule has 0 saturated carbocycles. The normalized spacial score (nSPS) is 11.6. The summed E-state index contributed by atoms with van der Waals surface area (Å²) >= 11 is 0. The smallest absolute Gasteiger partial charge is 0.153 e. The van der Waals surface area contributed by atoms with E-state index >= 15 is 0 Å². The summed E-state index contributed by atoms with van der Waals surface area (Å²) in [5, 5.41) is 31.7. The molecule has 5 rings (SSSR count). The first-order valence-electron chi connectivity index (χ1n) is 11.8. The molecule has 0 amide bonds. The minimum atomic E-state index is 0.0213. The zero-order chi connectivity index (χ0) is 25.1. The highest BCUT2D eigenvalue weighted by molar-refractivity contribution is 6.02. The van der Waals surface area contributed by atoms with Gasteiger partial charge in [-0.15, -0.1) is 10.2 Å². The van der Waals surface area contributed by atoms with E-state index in [4.69, 9.17) is 0 Å². The molecule has 176 valence electrons. The summed E-state index contributed by atoms with van der Waals surface area (Å²) in [5.74, 6) is 0.0213. The van der Waals surface area contributed by atoms with Gasteiger partial charge in [-0.25, -0.2) is 0 Å². The minimum Gasteiger partial charge on any atom is -0.505 e. The molecule has 0 aromatic heterocycles. The standard InChI is InChI=1S/C31H26N4O/c1-20-11-4-8-17-26(20)32-34-28-19-22(3)30(35-33-27-18-9-5-12-21(27)2)29(31(28)36)25-16-10-14-23-13-6-7-15-24(23)25/h4-19,36H,1-3H3. The Morgan fingerprint density at radius 1 is 0.528 bits per heavy atom. The molecule has 0 bridgehead atoms. The predicted octanol–water partition coefficient (Wildman–Crippen LogP) is 9.97. The van der Waals surface area contributed by atoms with Crippen molar-refractivity contribution in [2.24, 2.45) is 20.5 Å². The zero-order valence-electron chi connectivity index (χ0n) is 20.5. The third kappa shape index (κ3) is 4.51. The average molecular weight is 471 g/mol. The van der Waals surface area contributed by atoms with Gasteiger partial charge in [0.15, 0.2) is 5.75 Å². The van der Waals surface area contributed by atoms with Gasteiger partial charge in [0.1, 0.15) is 11.4 Å². The van der Waals surface area contributed by atoms with Gasteiger partial charge in [-0.05, 0) is 72.0 Å². The molecule has 5 heteroatoms. The molecule has 0 radical (unpaired) electrons. The van der Waals surface area contributed by atoms with E-state index in [1.165, 1.54) is 0 Å². The van der Waals surface area contributed by atoms with Crippen molar-refractivity contribution < 1.29 is 5.11 Å². The summed E-state index contributed by atoms with van der Waals surface area (Å²) in [6.45, 7) is 5.93. The molecule has 0 aliphatic rings. The van der Waals surface area contributed by atoms with Crippen molar-refractivity contribution in [2.75, 3.05) is 0 Å². The molecule has 0 aliphatic carbocycles. The summed E-state index contributed by atoms with van der Waals surface area (Å²) in [5.41, 5.74) is 6.84. The molecular weight excluding hydrogens is 444 g/mol. The molecule has 36 heavy (non-hydrogen) atoms. The Kier molecular flexibility index (Phi) is 6.37. The number of hydrogen-bond acceptors (Lipinski definition) is 5. The fourth-order valence-corrected chi connectivity index (χ4v) is 4.25. The van der Waals surface area contributed by atoms with Crippen molar-refractivity contribution in [2.45, 2.75) is 20.8 Å². The number of aromatic hydroxyl groups is 1. The van der Waals surface area contributed by atoms with Crippen LogP contribution in [-0.2, 0) is 0 Å². The van der Waals surface area contributed by atoms with Gasteiger partial charge in [0.2, 0.25) is 0 Å². The number of nitrogens with zero attached hydrogens (tertiary/aromatic N) is 4. The van der Waals surface area contributed by atoms with Crippen molar-refractivity contribution in [3.05, 3.63) is 114 Å². The fourth-order valence-electron chi connectivity index (χ4n) is 4.25. The lowest BCUT2D eigenvalue weighted by Gasteiger charge is -2.15. The number of fused-ring (bicyclic) bond motifs is 1. The van der Waals surface area contributed by atoms with E-state index in [9.17, 15) is 5.11 Å². The largest absolute Gasteiger partial charge is 0.505 e. The minimum absolute atomic E-state index is 0.0213. The lowest BCUT2D eigenvalue weighted by Crippen LogP contribution is -1.87. The number of hydrogen-bond donors (Lipinski definition) is 1. The molecule has 5 aromatic carbocycles. The van der Waals surface area contributed by atoms with Crippen LogP contribution in [0.4, 0.5) is 22.7 Å². The highest BCUT2D eigenvalue weighted by Gasteiger charge is 2.20. The van der Waals surface area contributed by atoms with Crippen molar-refractivity contribution in [3.8, 4) is 16.9 Å². The number of phenolic OH excluding ortho intramolecular Hbond substituents is 1. The summed E-state index contributed by atoms with van der Waals surface area (Å²) in [6.07, 6.45) is 0. The van der Waals surface area contributed by atoms with Crippen LogP contribution in [-0.4, -0.2) is 5.11 Å². The van der Waals surface area contributed by atoms with Gasteiger partial charge in [0.25, 0.3) is 0 Å². The third-order valence-electron chi connectivity index (χ3n) is 6.26. The summed E-state index contributed by atoms with van der Waals surface area (Å²) in [7, 11) is 0. The second kappa shape index (κ2) is 9.92. The molecule has 0 spiro atoms. The van der Waals surface area contributed by atoms with Crippen LogP contribution in [0, 0.1) is 20.8 Å². The second-order valence-electron chi connectivity index (χ2n) is 8.78. The van der Waals surface area contributed by atoms with E-state index in [-0.39, 0.29) is 5.75 Å². The van der Waals surface area contributed by atoms with Crippen molar-refractivity contribution in [1.82, 2.24) is 0 Å². The van der Waals surface area contributed by atoms with Crippen LogP contribution in [0.15, 0.2) is 118 Å². The maximum atomic E-state index is 11.6. The Labute approximate surface area is 210 Å². The molecule has 5 aromatic rings.